The Morgan fingerprint density at radius 1 is 1.00 bits per heavy atom. The van der Waals surface area contributed by atoms with Crippen molar-refractivity contribution in [3.05, 3.63) is 70.7 Å². The molecule has 0 heterocycles. The molecular formula is C19H15BrO3. The molecule has 0 unspecified atom stereocenters. The molecule has 0 aliphatic carbocycles. The van der Waals surface area contributed by atoms with Crippen LogP contribution in [0.4, 0.5) is 0 Å². The van der Waals surface area contributed by atoms with E-state index in [9.17, 15) is 4.79 Å². The minimum absolute atomic E-state index is 0.399. The summed E-state index contributed by atoms with van der Waals surface area (Å²) in [5.41, 5.74) is 0.466. The van der Waals surface area contributed by atoms with E-state index in [0.717, 1.165) is 15.2 Å². The molecule has 0 aliphatic heterocycles. The quantitative estimate of drug-likeness (QED) is 0.466. The van der Waals surface area contributed by atoms with Crippen molar-refractivity contribution in [2.24, 2.45) is 0 Å². The highest BCUT2D eigenvalue weighted by molar-refractivity contribution is 9.10. The van der Waals surface area contributed by atoms with E-state index in [0.29, 0.717) is 23.7 Å². The SMILES string of the molecule is CCOc1ccc(C(=O)Oc2ccc3ccccc3c2)cc1Br. The summed E-state index contributed by atoms with van der Waals surface area (Å²) in [7, 11) is 0. The zero-order valence-corrected chi connectivity index (χ0v) is 14.2. The summed E-state index contributed by atoms with van der Waals surface area (Å²) in [6.45, 7) is 2.48. The number of benzene rings is 3. The van der Waals surface area contributed by atoms with Gasteiger partial charge < -0.3 is 9.47 Å². The Morgan fingerprint density at radius 3 is 2.52 bits per heavy atom. The molecule has 23 heavy (non-hydrogen) atoms. The second-order valence-electron chi connectivity index (χ2n) is 4.98. The maximum atomic E-state index is 12.3. The summed E-state index contributed by atoms with van der Waals surface area (Å²) in [6.07, 6.45) is 0. The first kappa shape index (κ1) is 15.6. The Bertz CT molecular complexity index is 858. The third-order valence-corrected chi connectivity index (χ3v) is 4.02. The van der Waals surface area contributed by atoms with E-state index in [4.69, 9.17) is 9.47 Å². The van der Waals surface area contributed by atoms with Gasteiger partial charge in [-0.15, -0.1) is 0 Å². The summed E-state index contributed by atoms with van der Waals surface area (Å²) >= 11 is 3.40. The van der Waals surface area contributed by atoms with E-state index in [2.05, 4.69) is 15.9 Å². The predicted molar refractivity (Wildman–Crippen MR) is 94.2 cm³/mol. The van der Waals surface area contributed by atoms with Crippen LogP contribution in [0.3, 0.4) is 0 Å². The molecule has 3 nitrogen and oxygen atoms in total. The van der Waals surface area contributed by atoms with Gasteiger partial charge in [0, 0.05) is 0 Å². The minimum atomic E-state index is -0.399. The average Bonchev–Trinajstić information content (AvgIpc) is 2.56. The molecule has 0 radical (unpaired) electrons. The fraction of sp³-hybridized carbons (Fsp3) is 0.105. The highest BCUT2D eigenvalue weighted by Gasteiger charge is 2.12. The van der Waals surface area contributed by atoms with E-state index in [1.54, 1.807) is 24.3 Å². The Hall–Kier alpha value is -2.33. The molecule has 116 valence electrons. The number of carbonyl (C=O) groups excluding carboxylic acids is 1. The number of fused-ring (bicyclic) bond motifs is 1. The lowest BCUT2D eigenvalue weighted by molar-refractivity contribution is 0.0735. The molecule has 0 bridgehead atoms. The number of hydrogen-bond donors (Lipinski definition) is 0. The standard InChI is InChI=1S/C19H15BrO3/c1-2-22-18-10-8-15(12-17(18)20)19(21)23-16-9-7-13-5-3-4-6-14(13)11-16/h3-12H,2H2,1H3. The average molecular weight is 371 g/mol. The van der Waals surface area contributed by atoms with Crippen molar-refractivity contribution in [2.75, 3.05) is 6.61 Å². The van der Waals surface area contributed by atoms with Gasteiger partial charge in [0.2, 0.25) is 0 Å². The van der Waals surface area contributed by atoms with Gasteiger partial charge in [0.1, 0.15) is 11.5 Å². The van der Waals surface area contributed by atoms with Crippen LogP contribution in [0.15, 0.2) is 65.1 Å². The Labute approximate surface area is 143 Å². The maximum absolute atomic E-state index is 12.3. The van der Waals surface area contributed by atoms with Crippen LogP contribution in [0.5, 0.6) is 11.5 Å². The molecule has 0 aliphatic rings. The summed E-state index contributed by atoms with van der Waals surface area (Å²) < 4.78 is 11.6. The van der Waals surface area contributed by atoms with Crippen molar-refractivity contribution in [1.82, 2.24) is 0 Å². The smallest absolute Gasteiger partial charge is 0.343 e. The zero-order chi connectivity index (χ0) is 16.2. The van der Waals surface area contributed by atoms with Gasteiger partial charge in [-0.1, -0.05) is 30.3 Å². The third kappa shape index (κ3) is 3.54. The molecular weight excluding hydrogens is 356 g/mol. The fourth-order valence-corrected chi connectivity index (χ4v) is 2.79. The van der Waals surface area contributed by atoms with Gasteiger partial charge in [-0.05, 0) is 64.0 Å². The largest absolute Gasteiger partial charge is 0.493 e. The molecule has 0 aromatic heterocycles. The van der Waals surface area contributed by atoms with E-state index in [-0.39, 0.29) is 0 Å². The van der Waals surface area contributed by atoms with Gasteiger partial charge in [-0.25, -0.2) is 4.79 Å². The first-order valence-electron chi connectivity index (χ1n) is 7.30. The monoisotopic (exact) mass is 370 g/mol. The van der Waals surface area contributed by atoms with E-state index < -0.39 is 5.97 Å². The van der Waals surface area contributed by atoms with Crippen LogP contribution in [0.25, 0.3) is 10.8 Å². The first-order valence-corrected chi connectivity index (χ1v) is 8.10. The van der Waals surface area contributed by atoms with Crippen molar-refractivity contribution in [2.45, 2.75) is 6.92 Å². The summed E-state index contributed by atoms with van der Waals surface area (Å²) in [4.78, 5) is 12.3. The Morgan fingerprint density at radius 2 is 1.78 bits per heavy atom. The number of rotatable bonds is 4. The molecule has 3 aromatic carbocycles. The van der Waals surface area contributed by atoms with Crippen LogP contribution < -0.4 is 9.47 Å². The van der Waals surface area contributed by atoms with Crippen LogP contribution in [-0.4, -0.2) is 12.6 Å². The van der Waals surface area contributed by atoms with Crippen LogP contribution in [-0.2, 0) is 0 Å². The van der Waals surface area contributed by atoms with E-state index in [1.807, 2.05) is 43.3 Å². The molecule has 3 rings (SSSR count). The maximum Gasteiger partial charge on any atom is 0.343 e. The van der Waals surface area contributed by atoms with Crippen molar-refractivity contribution < 1.29 is 14.3 Å². The van der Waals surface area contributed by atoms with Crippen molar-refractivity contribution >= 4 is 32.7 Å². The summed E-state index contributed by atoms with van der Waals surface area (Å²) in [5, 5.41) is 2.14. The number of esters is 1. The van der Waals surface area contributed by atoms with Gasteiger partial charge in [-0.2, -0.15) is 0 Å². The molecule has 0 N–H and O–H groups in total. The second-order valence-corrected chi connectivity index (χ2v) is 5.83. The van der Waals surface area contributed by atoms with Crippen molar-refractivity contribution in [3.63, 3.8) is 0 Å². The molecule has 4 heteroatoms. The lowest BCUT2D eigenvalue weighted by Crippen LogP contribution is -2.08. The van der Waals surface area contributed by atoms with Gasteiger partial charge in [0.05, 0.1) is 16.6 Å². The molecule has 0 saturated carbocycles. The summed E-state index contributed by atoms with van der Waals surface area (Å²) in [6, 6.07) is 18.7. The fourth-order valence-electron chi connectivity index (χ4n) is 2.30. The Balaban J connectivity index is 1.81. The Kier molecular flexibility index (Phi) is 4.63. The highest BCUT2D eigenvalue weighted by Crippen LogP contribution is 2.27. The molecule has 0 atom stereocenters. The first-order chi connectivity index (χ1) is 11.2. The van der Waals surface area contributed by atoms with Crippen LogP contribution in [0.2, 0.25) is 0 Å². The number of halogens is 1. The second kappa shape index (κ2) is 6.84. The number of ether oxygens (including phenoxy) is 2. The van der Waals surface area contributed by atoms with E-state index in [1.165, 1.54) is 0 Å². The molecule has 0 fully saturated rings. The normalized spacial score (nSPS) is 10.5. The molecule has 3 aromatic rings. The van der Waals surface area contributed by atoms with Gasteiger partial charge >= 0.3 is 5.97 Å². The topological polar surface area (TPSA) is 35.5 Å². The third-order valence-electron chi connectivity index (χ3n) is 3.40. The van der Waals surface area contributed by atoms with Gasteiger partial charge in [0.25, 0.3) is 0 Å². The number of hydrogen-bond acceptors (Lipinski definition) is 3. The van der Waals surface area contributed by atoms with Gasteiger partial charge in [-0.3, -0.25) is 0 Å². The lowest BCUT2D eigenvalue weighted by atomic mass is 10.1. The highest BCUT2D eigenvalue weighted by atomic mass is 79.9. The minimum Gasteiger partial charge on any atom is -0.493 e. The predicted octanol–water partition coefficient (Wildman–Crippen LogP) is 5.22. The van der Waals surface area contributed by atoms with Crippen LogP contribution >= 0.6 is 15.9 Å². The van der Waals surface area contributed by atoms with Gasteiger partial charge in [0.15, 0.2) is 0 Å². The zero-order valence-electron chi connectivity index (χ0n) is 12.6. The lowest BCUT2D eigenvalue weighted by Gasteiger charge is -2.09. The van der Waals surface area contributed by atoms with E-state index >= 15 is 0 Å². The molecule has 0 amide bonds. The number of carbonyl (C=O) groups is 1. The van der Waals surface area contributed by atoms with Crippen LogP contribution in [0, 0.1) is 0 Å². The summed E-state index contributed by atoms with van der Waals surface area (Å²) in [5.74, 6) is 0.831. The molecule has 0 saturated heterocycles. The molecule has 0 spiro atoms. The van der Waals surface area contributed by atoms with Crippen molar-refractivity contribution in [1.29, 1.82) is 0 Å². The van der Waals surface area contributed by atoms with Crippen molar-refractivity contribution in [3.8, 4) is 11.5 Å². The van der Waals surface area contributed by atoms with Crippen LogP contribution in [0.1, 0.15) is 17.3 Å².